The van der Waals surface area contributed by atoms with Crippen LogP contribution in [-0.4, -0.2) is 26.9 Å². The molecule has 17 heavy (non-hydrogen) atoms. The normalized spacial score (nSPS) is 16.1. The molecule has 1 aromatic rings. The van der Waals surface area contributed by atoms with E-state index in [4.69, 9.17) is 9.47 Å². The molecule has 3 nitrogen and oxygen atoms in total. The molecule has 0 fully saturated rings. The van der Waals surface area contributed by atoms with Crippen LogP contribution in [0.3, 0.4) is 0 Å². The number of aryl methyl sites for hydroxylation is 1. The third-order valence-electron chi connectivity index (χ3n) is 3.18. The van der Waals surface area contributed by atoms with Crippen LogP contribution in [0.15, 0.2) is 18.2 Å². The Morgan fingerprint density at radius 3 is 3.12 bits per heavy atom. The number of ether oxygens (including phenoxy) is 2. The van der Waals surface area contributed by atoms with E-state index in [1.807, 2.05) is 14.0 Å². The Labute approximate surface area is 103 Å². The molecule has 1 unspecified atom stereocenters. The fourth-order valence-electron chi connectivity index (χ4n) is 2.25. The van der Waals surface area contributed by atoms with Crippen LogP contribution in [0, 0.1) is 0 Å². The topological polar surface area (TPSA) is 30.5 Å². The summed E-state index contributed by atoms with van der Waals surface area (Å²) in [6.45, 7) is 4.28. The third-order valence-corrected chi connectivity index (χ3v) is 3.18. The molecule has 0 saturated carbocycles. The Kier molecular flexibility index (Phi) is 4.40. The first kappa shape index (κ1) is 12.4. The Morgan fingerprint density at radius 2 is 2.35 bits per heavy atom. The standard InChI is InChI=1S/C14H21NO2/c1-3-16-10-13(15-2)12-8-4-6-11-7-5-9-17-14(11)12/h4,6,8,13,15H,3,5,7,9-10H2,1-2H3. The van der Waals surface area contributed by atoms with Gasteiger partial charge in [-0.2, -0.15) is 0 Å². The van der Waals surface area contributed by atoms with Crippen LogP contribution in [0.4, 0.5) is 0 Å². The van der Waals surface area contributed by atoms with Crippen LogP contribution in [-0.2, 0) is 11.2 Å². The molecular formula is C14H21NO2. The molecule has 0 aromatic heterocycles. The maximum absolute atomic E-state index is 5.82. The number of para-hydroxylation sites is 1. The highest BCUT2D eigenvalue weighted by molar-refractivity contribution is 5.44. The van der Waals surface area contributed by atoms with Gasteiger partial charge in [-0.1, -0.05) is 18.2 Å². The van der Waals surface area contributed by atoms with Crippen molar-refractivity contribution < 1.29 is 9.47 Å². The van der Waals surface area contributed by atoms with Gasteiger partial charge in [0.05, 0.1) is 19.3 Å². The average Bonchev–Trinajstić information content (AvgIpc) is 2.40. The minimum atomic E-state index is 0.211. The molecule has 1 heterocycles. The average molecular weight is 235 g/mol. The first-order valence-corrected chi connectivity index (χ1v) is 6.36. The summed E-state index contributed by atoms with van der Waals surface area (Å²) in [5.74, 6) is 1.07. The number of nitrogens with one attached hydrogen (secondary N) is 1. The van der Waals surface area contributed by atoms with Gasteiger partial charge in [0.2, 0.25) is 0 Å². The van der Waals surface area contributed by atoms with Crippen molar-refractivity contribution in [2.45, 2.75) is 25.8 Å². The Bertz CT molecular complexity index is 365. The molecule has 94 valence electrons. The predicted molar refractivity (Wildman–Crippen MR) is 68.6 cm³/mol. The second-order valence-electron chi connectivity index (χ2n) is 4.29. The molecule has 0 bridgehead atoms. The molecular weight excluding hydrogens is 214 g/mol. The van der Waals surface area contributed by atoms with Crippen LogP contribution in [0.5, 0.6) is 5.75 Å². The molecule has 1 N–H and O–H groups in total. The van der Waals surface area contributed by atoms with Gasteiger partial charge in [-0.25, -0.2) is 0 Å². The fourth-order valence-corrected chi connectivity index (χ4v) is 2.25. The van der Waals surface area contributed by atoms with Crippen LogP contribution < -0.4 is 10.1 Å². The summed E-state index contributed by atoms with van der Waals surface area (Å²) in [5.41, 5.74) is 2.55. The summed E-state index contributed by atoms with van der Waals surface area (Å²) in [5, 5.41) is 3.30. The lowest BCUT2D eigenvalue weighted by Gasteiger charge is -2.24. The van der Waals surface area contributed by atoms with E-state index in [0.717, 1.165) is 31.8 Å². The zero-order valence-corrected chi connectivity index (χ0v) is 10.7. The molecule has 1 atom stereocenters. The van der Waals surface area contributed by atoms with Crippen LogP contribution in [0.25, 0.3) is 0 Å². The van der Waals surface area contributed by atoms with Gasteiger partial charge in [0, 0.05) is 12.2 Å². The van der Waals surface area contributed by atoms with Crippen molar-refractivity contribution >= 4 is 0 Å². The lowest BCUT2D eigenvalue weighted by molar-refractivity contribution is 0.124. The van der Waals surface area contributed by atoms with Crippen molar-refractivity contribution in [1.82, 2.24) is 5.32 Å². The number of likely N-dealkylation sites (N-methyl/N-ethyl adjacent to an activating group) is 1. The molecule has 1 aromatic carbocycles. The van der Waals surface area contributed by atoms with Crippen molar-refractivity contribution in [1.29, 1.82) is 0 Å². The molecule has 0 saturated heterocycles. The summed E-state index contributed by atoms with van der Waals surface area (Å²) in [6, 6.07) is 6.61. The molecule has 0 spiro atoms. The van der Waals surface area contributed by atoms with Crippen molar-refractivity contribution in [3.05, 3.63) is 29.3 Å². The molecule has 1 aliphatic rings. The highest BCUT2D eigenvalue weighted by atomic mass is 16.5. The summed E-state index contributed by atoms with van der Waals surface area (Å²) in [4.78, 5) is 0. The molecule has 1 aliphatic heterocycles. The highest BCUT2D eigenvalue weighted by Crippen LogP contribution is 2.32. The van der Waals surface area contributed by atoms with Gasteiger partial charge >= 0.3 is 0 Å². The monoisotopic (exact) mass is 235 g/mol. The number of benzene rings is 1. The minimum absolute atomic E-state index is 0.211. The van der Waals surface area contributed by atoms with Crippen molar-refractivity contribution in [2.24, 2.45) is 0 Å². The Morgan fingerprint density at radius 1 is 1.47 bits per heavy atom. The lowest BCUT2D eigenvalue weighted by Crippen LogP contribution is -2.24. The van der Waals surface area contributed by atoms with Crippen molar-refractivity contribution in [3.8, 4) is 5.75 Å². The van der Waals surface area contributed by atoms with Gasteiger partial charge in [-0.15, -0.1) is 0 Å². The third kappa shape index (κ3) is 2.79. The molecule has 3 heteroatoms. The zero-order valence-electron chi connectivity index (χ0n) is 10.7. The van der Waals surface area contributed by atoms with Gasteiger partial charge in [0.15, 0.2) is 0 Å². The number of fused-ring (bicyclic) bond motifs is 1. The largest absolute Gasteiger partial charge is 0.493 e. The highest BCUT2D eigenvalue weighted by Gasteiger charge is 2.19. The van der Waals surface area contributed by atoms with E-state index in [2.05, 4.69) is 23.5 Å². The van der Waals surface area contributed by atoms with Crippen LogP contribution in [0.1, 0.15) is 30.5 Å². The quantitative estimate of drug-likeness (QED) is 0.849. The van der Waals surface area contributed by atoms with E-state index in [1.54, 1.807) is 0 Å². The smallest absolute Gasteiger partial charge is 0.127 e. The maximum Gasteiger partial charge on any atom is 0.127 e. The first-order chi connectivity index (χ1) is 8.36. The number of rotatable bonds is 5. The second-order valence-corrected chi connectivity index (χ2v) is 4.29. The van der Waals surface area contributed by atoms with Gasteiger partial charge in [0.1, 0.15) is 5.75 Å². The SMILES string of the molecule is CCOCC(NC)c1cccc2c1OCCC2. The van der Waals surface area contributed by atoms with Crippen LogP contribution in [0.2, 0.25) is 0 Å². The zero-order chi connectivity index (χ0) is 12.1. The number of hydrogen-bond acceptors (Lipinski definition) is 3. The summed E-state index contributed by atoms with van der Waals surface area (Å²) >= 11 is 0. The molecule has 0 aliphatic carbocycles. The number of hydrogen-bond donors (Lipinski definition) is 1. The molecule has 2 rings (SSSR count). The predicted octanol–water partition coefficient (Wildman–Crippen LogP) is 2.31. The Balaban J connectivity index is 2.23. The second kappa shape index (κ2) is 6.03. The van der Waals surface area contributed by atoms with E-state index in [9.17, 15) is 0 Å². The van der Waals surface area contributed by atoms with E-state index in [-0.39, 0.29) is 6.04 Å². The van der Waals surface area contributed by atoms with Gasteiger partial charge < -0.3 is 14.8 Å². The van der Waals surface area contributed by atoms with E-state index < -0.39 is 0 Å². The van der Waals surface area contributed by atoms with Gasteiger partial charge in [-0.05, 0) is 32.4 Å². The van der Waals surface area contributed by atoms with E-state index in [0.29, 0.717) is 6.61 Å². The van der Waals surface area contributed by atoms with E-state index in [1.165, 1.54) is 11.1 Å². The van der Waals surface area contributed by atoms with Crippen molar-refractivity contribution in [3.63, 3.8) is 0 Å². The molecule has 0 amide bonds. The maximum atomic E-state index is 5.82. The lowest BCUT2D eigenvalue weighted by atomic mass is 9.98. The van der Waals surface area contributed by atoms with E-state index >= 15 is 0 Å². The fraction of sp³-hybridized carbons (Fsp3) is 0.571. The summed E-state index contributed by atoms with van der Waals surface area (Å²) < 4.78 is 11.3. The first-order valence-electron chi connectivity index (χ1n) is 6.36. The summed E-state index contributed by atoms with van der Waals surface area (Å²) in [7, 11) is 1.96. The minimum Gasteiger partial charge on any atom is -0.493 e. The Hall–Kier alpha value is -1.06. The van der Waals surface area contributed by atoms with Gasteiger partial charge in [-0.3, -0.25) is 0 Å². The summed E-state index contributed by atoms with van der Waals surface area (Å²) in [6.07, 6.45) is 2.24. The van der Waals surface area contributed by atoms with Crippen LogP contribution >= 0.6 is 0 Å². The van der Waals surface area contributed by atoms with Crippen molar-refractivity contribution in [2.75, 3.05) is 26.9 Å². The van der Waals surface area contributed by atoms with Gasteiger partial charge in [0.25, 0.3) is 0 Å². The molecule has 0 radical (unpaired) electrons.